The Hall–Kier alpha value is -3.73. The lowest BCUT2D eigenvalue weighted by atomic mass is 10.0. The number of nitrogens with one attached hydrogen (secondary N) is 1. The number of fused-ring (bicyclic) bond motifs is 1. The van der Waals surface area contributed by atoms with Crippen molar-refractivity contribution in [2.45, 2.75) is 57.5 Å². The highest BCUT2D eigenvalue weighted by atomic mass is 19.4. The van der Waals surface area contributed by atoms with E-state index in [4.69, 9.17) is 0 Å². The molecule has 1 aliphatic carbocycles. The Morgan fingerprint density at radius 2 is 1.97 bits per heavy atom. The first-order valence-electron chi connectivity index (χ1n) is 11.6. The summed E-state index contributed by atoms with van der Waals surface area (Å²) in [6.07, 6.45) is 3.33. The maximum atomic E-state index is 13.1. The maximum absolute atomic E-state index is 13.1. The predicted octanol–water partition coefficient (Wildman–Crippen LogP) is 5.06. The lowest BCUT2D eigenvalue weighted by molar-refractivity contribution is -0.141. The van der Waals surface area contributed by atoms with Crippen molar-refractivity contribution < 1.29 is 23.1 Å². The molecule has 0 atom stereocenters. The van der Waals surface area contributed by atoms with E-state index in [1.807, 2.05) is 16.9 Å². The van der Waals surface area contributed by atoms with Gasteiger partial charge in [0.1, 0.15) is 11.4 Å². The van der Waals surface area contributed by atoms with Gasteiger partial charge in [-0.2, -0.15) is 23.4 Å². The second-order valence-corrected chi connectivity index (χ2v) is 9.71. The van der Waals surface area contributed by atoms with Gasteiger partial charge in [-0.15, -0.1) is 0 Å². The number of aromatic nitrogens is 5. The van der Waals surface area contributed by atoms with Crippen molar-refractivity contribution in [3.05, 3.63) is 60.3 Å². The van der Waals surface area contributed by atoms with Crippen LogP contribution in [0.15, 0.2) is 48.9 Å². The minimum Gasteiger partial charge on any atom is -0.390 e. The number of anilines is 1. The number of nitrogens with zero attached hydrogens (tertiary/aromatic N) is 5. The number of benzene rings is 1. The van der Waals surface area contributed by atoms with Crippen LogP contribution in [0.2, 0.25) is 0 Å². The molecule has 1 fully saturated rings. The number of pyridine rings is 1. The fourth-order valence-corrected chi connectivity index (χ4v) is 3.89. The molecule has 0 saturated heterocycles. The Morgan fingerprint density at radius 1 is 1.19 bits per heavy atom. The molecule has 5 rings (SSSR count). The third-order valence-electron chi connectivity index (χ3n) is 6.00. The summed E-state index contributed by atoms with van der Waals surface area (Å²) >= 11 is 0. The number of carbonyl (C=O) groups is 1. The summed E-state index contributed by atoms with van der Waals surface area (Å²) in [5.41, 5.74) is 0.150. The summed E-state index contributed by atoms with van der Waals surface area (Å²) in [4.78, 5) is 16.4. The van der Waals surface area contributed by atoms with Crippen LogP contribution in [0.3, 0.4) is 0 Å². The lowest BCUT2D eigenvalue weighted by Gasteiger charge is -2.16. The zero-order valence-electron chi connectivity index (χ0n) is 19.8. The van der Waals surface area contributed by atoms with E-state index in [9.17, 15) is 23.1 Å². The molecular weight excluding hydrogens is 473 g/mol. The molecule has 2 N–H and O–H groups in total. The molecule has 0 unspecified atom stereocenters. The lowest BCUT2D eigenvalue weighted by Crippen LogP contribution is -2.21. The zero-order valence-corrected chi connectivity index (χ0v) is 19.8. The molecule has 188 valence electrons. The highest BCUT2D eigenvalue weighted by Gasteiger charge is 2.33. The molecule has 1 aliphatic rings. The average molecular weight is 499 g/mol. The van der Waals surface area contributed by atoms with E-state index in [0.29, 0.717) is 35.8 Å². The minimum absolute atomic E-state index is 0.342. The molecule has 4 aromatic rings. The van der Waals surface area contributed by atoms with Gasteiger partial charge in [-0.1, -0.05) is 6.07 Å². The van der Waals surface area contributed by atoms with Gasteiger partial charge < -0.3 is 10.4 Å². The van der Waals surface area contributed by atoms with E-state index >= 15 is 0 Å². The van der Waals surface area contributed by atoms with Gasteiger partial charge in [-0.25, -0.2) is 4.98 Å². The van der Waals surface area contributed by atoms with Crippen LogP contribution in [0.5, 0.6) is 0 Å². The SMILES string of the molecule is CC(C)(O)CCn1cc2cc(NC(=O)c3cccc(C(F)(F)F)n3)c(-c3cnn(C4CC4)c3)cc2n1. The molecule has 0 bridgehead atoms. The van der Waals surface area contributed by atoms with Gasteiger partial charge in [0.2, 0.25) is 0 Å². The third-order valence-corrected chi connectivity index (χ3v) is 6.00. The van der Waals surface area contributed by atoms with Gasteiger partial charge in [0, 0.05) is 41.1 Å². The number of aryl methyl sites for hydroxylation is 1. The molecule has 3 aromatic heterocycles. The number of halogens is 3. The smallest absolute Gasteiger partial charge is 0.390 e. The Kier molecular flexibility index (Phi) is 5.82. The summed E-state index contributed by atoms with van der Waals surface area (Å²) in [6.45, 7) is 3.94. The van der Waals surface area contributed by atoms with Crippen LogP contribution in [-0.4, -0.2) is 41.2 Å². The summed E-state index contributed by atoms with van der Waals surface area (Å²) in [5, 5.41) is 22.5. The Bertz CT molecular complexity index is 1430. The summed E-state index contributed by atoms with van der Waals surface area (Å²) in [7, 11) is 0. The average Bonchev–Trinajstić information content (AvgIpc) is 3.40. The molecule has 11 heteroatoms. The molecule has 0 aliphatic heterocycles. The molecule has 3 heterocycles. The molecular formula is C25H25F3N6O2. The summed E-state index contributed by atoms with van der Waals surface area (Å²) in [5.74, 6) is -0.759. The monoisotopic (exact) mass is 498 g/mol. The van der Waals surface area contributed by atoms with E-state index < -0.39 is 23.4 Å². The number of hydrogen-bond donors (Lipinski definition) is 2. The van der Waals surface area contributed by atoms with Crippen molar-refractivity contribution in [1.29, 1.82) is 0 Å². The number of amides is 1. The molecule has 0 spiro atoms. The van der Waals surface area contributed by atoms with E-state index in [2.05, 4.69) is 20.5 Å². The van der Waals surface area contributed by atoms with Crippen LogP contribution in [0.4, 0.5) is 18.9 Å². The molecule has 36 heavy (non-hydrogen) atoms. The summed E-state index contributed by atoms with van der Waals surface area (Å²) < 4.78 is 42.9. The molecule has 1 amide bonds. The van der Waals surface area contributed by atoms with Crippen LogP contribution in [-0.2, 0) is 12.7 Å². The first kappa shape index (κ1) is 24.0. The van der Waals surface area contributed by atoms with Gasteiger partial charge in [-0.05, 0) is 57.4 Å². The Morgan fingerprint density at radius 3 is 2.67 bits per heavy atom. The van der Waals surface area contributed by atoms with E-state index in [-0.39, 0.29) is 5.69 Å². The Balaban J connectivity index is 1.51. The van der Waals surface area contributed by atoms with Gasteiger partial charge >= 0.3 is 6.18 Å². The van der Waals surface area contributed by atoms with Gasteiger partial charge in [0.05, 0.1) is 23.4 Å². The second-order valence-electron chi connectivity index (χ2n) is 9.71. The van der Waals surface area contributed by atoms with Crippen molar-refractivity contribution in [1.82, 2.24) is 24.5 Å². The van der Waals surface area contributed by atoms with Gasteiger partial charge in [0.15, 0.2) is 0 Å². The number of carbonyl (C=O) groups excluding carboxylic acids is 1. The third kappa shape index (κ3) is 5.25. The normalized spacial score (nSPS) is 14.4. The number of aliphatic hydroxyl groups is 1. The Labute approximate surface area is 204 Å². The largest absolute Gasteiger partial charge is 0.433 e. The summed E-state index contributed by atoms with van der Waals surface area (Å²) in [6, 6.07) is 7.13. The standard InChI is InChI=1S/C25H25F3N6O2/c1-24(2,36)8-9-33-13-15-10-21(31-23(35)19-4-3-5-22(30-19)25(26,27)28)18(11-20(15)32-33)16-12-29-34(14-16)17-6-7-17/h3-5,10-14,17,36H,6-9H2,1-2H3,(H,31,35). The number of hydrogen-bond acceptors (Lipinski definition) is 5. The fraction of sp³-hybridized carbons (Fsp3) is 0.360. The van der Waals surface area contributed by atoms with Crippen molar-refractivity contribution in [3.63, 3.8) is 0 Å². The first-order chi connectivity index (χ1) is 17.0. The van der Waals surface area contributed by atoms with Crippen molar-refractivity contribution in [2.24, 2.45) is 0 Å². The molecule has 1 aromatic carbocycles. The van der Waals surface area contributed by atoms with E-state index in [1.54, 1.807) is 37.0 Å². The number of alkyl halides is 3. The molecule has 1 saturated carbocycles. The first-order valence-corrected chi connectivity index (χ1v) is 11.6. The van der Waals surface area contributed by atoms with Crippen LogP contribution in [0.1, 0.15) is 55.3 Å². The zero-order chi connectivity index (χ0) is 25.7. The second kappa shape index (κ2) is 8.74. The fourth-order valence-electron chi connectivity index (χ4n) is 3.89. The van der Waals surface area contributed by atoms with E-state index in [1.165, 1.54) is 6.07 Å². The topological polar surface area (TPSA) is 97.9 Å². The highest BCUT2D eigenvalue weighted by Crippen LogP contribution is 2.37. The van der Waals surface area contributed by atoms with Crippen molar-refractivity contribution in [2.75, 3.05) is 5.32 Å². The van der Waals surface area contributed by atoms with Crippen LogP contribution >= 0.6 is 0 Å². The predicted molar refractivity (Wildman–Crippen MR) is 127 cm³/mol. The highest BCUT2D eigenvalue weighted by molar-refractivity contribution is 6.07. The van der Waals surface area contributed by atoms with Gasteiger partial charge in [-0.3, -0.25) is 14.2 Å². The van der Waals surface area contributed by atoms with Crippen LogP contribution in [0.25, 0.3) is 22.0 Å². The van der Waals surface area contributed by atoms with Crippen LogP contribution < -0.4 is 5.32 Å². The van der Waals surface area contributed by atoms with Crippen LogP contribution in [0, 0.1) is 0 Å². The van der Waals surface area contributed by atoms with E-state index in [0.717, 1.165) is 35.9 Å². The maximum Gasteiger partial charge on any atom is 0.433 e. The van der Waals surface area contributed by atoms with Crippen molar-refractivity contribution in [3.8, 4) is 11.1 Å². The van der Waals surface area contributed by atoms with Crippen molar-refractivity contribution >= 4 is 22.5 Å². The minimum atomic E-state index is -4.66. The quantitative estimate of drug-likeness (QED) is 0.371. The molecule has 8 nitrogen and oxygen atoms in total. The molecule has 0 radical (unpaired) electrons. The van der Waals surface area contributed by atoms with Gasteiger partial charge in [0.25, 0.3) is 5.91 Å². The number of rotatable bonds is 7.